The van der Waals surface area contributed by atoms with E-state index in [0.717, 1.165) is 73.9 Å². The maximum absolute atomic E-state index is 6.29. The predicted octanol–water partition coefficient (Wildman–Crippen LogP) is 6.21. The zero-order chi connectivity index (χ0) is 23.7. The zero-order valence-corrected chi connectivity index (χ0v) is 22.3. The fraction of sp³-hybridized carbons (Fsp3) is 0.692. The molecule has 0 bridgehead atoms. The maximum atomic E-state index is 6.29. The second-order valence-corrected chi connectivity index (χ2v) is 16.1. The van der Waals surface area contributed by atoms with Gasteiger partial charge in [-0.2, -0.15) is 5.10 Å². The standard InChI is InChI=1S/C26H43N3O3Si/c1-6-7-15-31-22-10-12-23(13-11-22)32-19-25-24(9-8-14-27-25)26-21(2)18-29(28-26)20-30-16-17-33(3,4)5/h8-9,14,18,22-23H,6-7,10-13,15-17,19-20H2,1-5H3. The van der Waals surface area contributed by atoms with Gasteiger partial charge < -0.3 is 14.2 Å². The Morgan fingerprint density at radius 1 is 1.06 bits per heavy atom. The fourth-order valence-corrected chi connectivity index (χ4v) is 4.87. The first kappa shape index (κ1) is 26.1. The van der Waals surface area contributed by atoms with E-state index in [1.165, 1.54) is 6.42 Å². The number of nitrogens with zero attached hydrogens (tertiary/aromatic N) is 3. The molecule has 1 aliphatic carbocycles. The van der Waals surface area contributed by atoms with E-state index in [1.807, 2.05) is 16.9 Å². The van der Waals surface area contributed by atoms with Gasteiger partial charge in [0.1, 0.15) is 6.73 Å². The number of hydrogen-bond acceptors (Lipinski definition) is 5. The molecule has 0 amide bonds. The first-order valence-corrected chi connectivity index (χ1v) is 16.4. The lowest BCUT2D eigenvalue weighted by atomic mass is 9.95. The number of hydrogen-bond donors (Lipinski definition) is 0. The van der Waals surface area contributed by atoms with E-state index in [-0.39, 0.29) is 6.10 Å². The van der Waals surface area contributed by atoms with Crippen LogP contribution in [0, 0.1) is 6.92 Å². The SMILES string of the molecule is CCCCOC1CCC(OCc2ncccc2-c2nn(COCC[Si](C)(C)C)cc2C)CC1. The average molecular weight is 474 g/mol. The fourth-order valence-electron chi connectivity index (χ4n) is 4.12. The number of unbranched alkanes of at least 4 members (excludes halogenated alkanes) is 1. The van der Waals surface area contributed by atoms with Gasteiger partial charge in [-0.15, -0.1) is 0 Å². The molecular formula is C26H43N3O3Si. The van der Waals surface area contributed by atoms with Gasteiger partial charge in [0.2, 0.25) is 0 Å². The van der Waals surface area contributed by atoms with Crippen LogP contribution in [0.5, 0.6) is 0 Å². The van der Waals surface area contributed by atoms with E-state index in [0.29, 0.717) is 19.4 Å². The van der Waals surface area contributed by atoms with E-state index in [2.05, 4.69) is 50.7 Å². The van der Waals surface area contributed by atoms with Gasteiger partial charge in [-0.25, -0.2) is 4.68 Å². The van der Waals surface area contributed by atoms with E-state index in [9.17, 15) is 0 Å². The molecule has 33 heavy (non-hydrogen) atoms. The highest BCUT2D eigenvalue weighted by atomic mass is 28.3. The molecule has 7 heteroatoms. The van der Waals surface area contributed by atoms with Crippen LogP contribution >= 0.6 is 0 Å². The number of aryl methyl sites for hydroxylation is 1. The van der Waals surface area contributed by atoms with E-state index in [4.69, 9.17) is 19.3 Å². The highest BCUT2D eigenvalue weighted by Gasteiger charge is 2.23. The third kappa shape index (κ3) is 8.63. The Labute approximate surface area is 201 Å². The average Bonchev–Trinajstić information content (AvgIpc) is 3.16. The molecule has 0 spiro atoms. The monoisotopic (exact) mass is 473 g/mol. The molecule has 1 aliphatic rings. The minimum absolute atomic E-state index is 0.282. The highest BCUT2D eigenvalue weighted by molar-refractivity contribution is 6.76. The molecule has 0 aromatic carbocycles. The van der Waals surface area contributed by atoms with Crippen molar-refractivity contribution in [2.45, 2.75) is 104 Å². The van der Waals surface area contributed by atoms with Gasteiger partial charge >= 0.3 is 0 Å². The maximum Gasteiger partial charge on any atom is 0.139 e. The Morgan fingerprint density at radius 2 is 1.79 bits per heavy atom. The smallest absolute Gasteiger partial charge is 0.139 e. The third-order valence-electron chi connectivity index (χ3n) is 6.24. The summed E-state index contributed by atoms with van der Waals surface area (Å²) in [6, 6.07) is 5.23. The Hall–Kier alpha value is -1.54. The molecule has 6 nitrogen and oxygen atoms in total. The lowest BCUT2D eigenvalue weighted by Gasteiger charge is -2.28. The molecule has 0 aliphatic heterocycles. The van der Waals surface area contributed by atoms with Crippen molar-refractivity contribution >= 4 is 8.07 Å². The molecule has 0 saturated heterocycles. The number of aromatic nitrogens is 3. The zero-order valence-electron chi connectivity index (χ0n) is 21.3. The summed E-state index contributed by atoms with van der Waals surface area (Å²) in [5.74, 6) is 0. The van der Waals surface area contributed by atoms with Crippen LogP contribution in [0.3, 0.4) is 0 Å². The molecule has 0 atom stereocenters. The van der Waals surface area contributed by atoms with Crippen molar-refractivity contribution in [2.24, 2.45) is 0 Å². The van der Waals surface area contributed by atoms with Crippen molar-refractivity contribution in [2.75, 3.05) is 13.2 Å². The molecule has 0 radical (unpaired) electrons. The quantitative estimate of drug-likeness (QED) is 0.256. The largest absolute Gasteiger partial charge is 0.378 e. The topological polar surface area (TPSA) is 58.4 Å². The van der Waals surface area contributed by atoms with Gasteiger partial charge in [0.25, 0.3) is 0 Å². The molecule has 184 valence electrons. The summed E-state index contributed by atoms with van der Waals surface area (Å²) in [5, 5.41) is 4.81. The summed E-state index contributed by atoms with van der Waals surface area (Å²) in [7, 11) is -1.08. The summed E-state index contributed by atoms with van der Waals surface area (Å²) >= 11 is 0. The van der Waals surface area contributed by atoms with Crippen LogP contribution in [-0.4, -0.2) is 48.3 Å². The first-order valence-electron chi connectivity index (χ1n) is 12.6. The van der Waals surface area contributed by atoms with Crippen LogP contribution in [0.25, 0.3) is 11.3 Å². The van der Waals surface area contributed by atoms with Gasteiger partial charge in [-0.05, 0) is 62.8 Å². The summed E-state index contributed by atoms with van der Waals surface area (Å²) in [4.78, 5) is 4.63. The Balaban J connectivity index is 1.53. The Bertz CT molecular complexity index is 842. The van der Waals surface area contributed by atoms with Crippen LogP contribution < -0.4 is 0 Å². The third-order valence-corrected chi connectivity index (χ3v) is 7.94. The minimum atomic E-state index is -1.08. The number of ether oxygens (including phenoxy) is 3. The molecule has 1 saturated carbocycles. The van der Waals surface area contributed by atoms with Gasteiger partial charge in [0.05, 0.1) is 30.2 Å². The molecule has 2 heterocycles. The van der Waals surface area contributed by atoms with Crippen molar-refractivity contribution in [1.82, 2.24) is 14.8 Å². The number of rotatable bonds is 13. The molecule has 0 N–H and O–H groups in total. The van der Waals surface area contributed by atoms with E-state index in [1.54, 1.807) is 0 Å². The Kier molecular flexibility index (Phi) is 10.1. The van der Waals surface area contributed by atoms with Crippen molar-refractivity contribution in [1.29, 1.82) is 0 Å². The summed E-state index contributed by atoms with van der Waals surface area (Å²) in [6.07, 6.45) is 11.2. The van der Waals surface area contributed by atoms with E-state index >= 15 is 0 Å². The van der Waals surface area contributed by atoms with Crippen molar-refractivity contribution in [3.8, 4) is 11.3 Å². The van der Waals surface area contributed by atoms with Crippen LogP contribution in [0.4, 0.5) is 0 Å². The second kappa shape index (κ2) is 12.8. The normalized spacial score (nSPS) is 19.2. The summed E-state index contributed by atoms with van der Waals surface area (Å²) in [5.41, 5.74) is 4.09. The Morgan fingerprint density at radius 3 is 2.48 bits per heavy atom. The lowest BCUT2D eigenvalue weighted by Crippen LogP contribution is -2.26. The molecular weight excluding hydrogens is 430 g/mol. The molecule has 2 aromatic rings. The van der Waals surface area contributed by atoms with Crippen LogP contribution in [0.15, 0.2) is 24.5 Å². The first-order chi connectivity index (χ1) is 15.9. The van der Waals surface area contributed by atoms with Gasteiger partial charge in [-0.3, -0.25) is 4.98 Å². The van der Waals surface area contributed by atoms with Crippen molar-refractivity contribution < 1.29 is 14.2 Å². The minimum Gasteiger partial charge on any atom is -0.378 e. The highest BCUT2D eigenvalue weighted by Crippen LogP contribution is 2.28. The van der Waals surface area contributed by atoms with Crippen molar-refractivity contribution in [3.05, 3.63) is 35.8 Å². The van der Waals surface area contributed by atoms with Gasteiger partial charge in [-0.1, -0.05) is 33.0 Å². The molecule has 3 rings (SSSR count). The van der Waals surface area contributed by atoms with Crippen molar-refractivity contribution in [3.63, 3.8) is 0 Å². The summed E-state index contributed by atoms with van der Waals surface area (Å²) in [6.45, 7) is 14.1. The van der Waals surface area contributed by atoms with Gasteiger partial charge in [0, 0.05) is 39.2 Å². The molecule has 1 fully saturated rings. The van der Waals surface area contributed by atoms with Crippen LogP contribution in [0.2, 0.25) is 25.7 Å². The van der Waals surface area contributed by atoms with Crippen LogP contribution in [0.1, 0.15) is 56.7 Å². The summed E-state index contributed by atoms with van der Waals surface area (Å²) < 4.78 is 20.1. The van der Waals surface area contributed by atoms with E-state index < -0.39 is 8.07 Å². The number of pyridine rings is 1. The lowest BCUT2D eigenvalue weighted by molar-refractivity contribution is -0.0378. The molecule has 0 unspecified atom stereocenters. The van der Waals surface area contributed by atoms with Crippen LogP contribution in [-0.2, 0) is 27.5 Å². The predicted molar refractivity (Wildman–Crippen MR) is 136 cm³/mol. The van der Waals surface area contributed by atoms with Gasteiger partial charge in [0.15, 0.2) is 0 Å². The second-order valence-electron chi connectivity index (χ2n) is 10.5. The molecule has 2 aromatic heterocycles.